The quantitative estimate of drug-likeness (QED) is 0.123. The summed E-state index contributed by atoms with van der Waals surface area (Å²) in [7, 11) is 0. The molecule has 0 aromatic carbocycles. The standard InChI is InChI=1S/C31H46O18/c1-9-10-11-39-24(38)12-15(2)42-31-29(48-21(8)37)27(46-19(6)35)25(44-17(4)33)23(49-31)14-41-30-28(47-20(7)36)26(45-18(5)34)22(13-40-30)43-16(3)32/h15,22-23,25-31H,9-14H2,1-8H3/t15-,22+,23-,25-,26+,27+,28-,29-,30+,31-/m1/s1. The summed E-state index contributed by atoms with van der Waals surface area (Å²) in [6.07, 6.45) is -12.4. The summed E-state index contributed by atoms with van der Waals surface area (Å²) in [5.74, 6) is -5.36. The van der Waals surface area contributed by atoms with E-state index in [9.17, 15) is 33.6 Å². The lowest BCUT2D eigenvalue weighted by atomic mass is 9.97. The number of carbonyl (C=O) groups is 7. The molecule has 0 spiro atoms. The third-order valence-electron chi connectivity index (χ3n) is 6.81. The number of esters is 7. The van der Waals surface area contributed by atoms with Crippen LogP contribution in [0.2, 0.25) is 0 Å². The molecule has 0 radical (unpaired) electrons. The zero-order chi connectivity index (χ0) is 36.8. The molecule has 2 aliphatic rings. The van der Waals surface area contributed by atoms with Gasteiger partial charge >= 0.3 is 41.8 Å². The summed E-state index contributed by atoms with van der Waals surface area (Å²) in [6, 6.07) is 0. The van der Waals surface area contributed by atoms with Crippen LogP contribution in [0.5, 0.6) is 0 Å². The minimum Gasteiger partial charge on any atom is -0.466 e. The van der Waals surface area contributed by atoms with Crippen molar-refractivity contribution in [2.45, 2.75) is 136 Å². The lowest BCUT2D eigenvalue weighted by molar-refractivity contribution is -0.330. The number of rotatable bonds is 16. The van der Waals surface area contributed by atoms with Crippen molar-refractivity contribution in [1.29, 1.82) is 0 Å². The minimum atomic E-state index is -1.51. The van der Waals surface area contributed by atoms with E-state index in [4.69, 9.17) is 52.1 Å². The maximum absolute atomic E-state index is 12.4. The normalized spacial score (nSPS) is 28.6. The molecule has 0 amide bonds. The van der Waals surface area contributed by atoms with E-state index in [1.54, 1.807) is 0 Å². The molecule has 2 heterocycles. The molecule has 2 fully saturated rings. The van der Waals surface area contributed by atoms with E-state index in [1.807, 2.05) is 6.92 Å². The zero-order valence-corrected chi connectivity index (χ0v) is 28.9. The summed E-state index contributed by atoms with van der Waals surface area (Å²) in [5, 5.41) is 0. The first-order valence-electron chi connectivity index (χ1n) is 15.7. The topological polar surface area (TPSA) is 221 Å². The second-order valence-electron chi connectivity index (χ2n) is 11.3. The van der Waals surface area contributed by atoms with Crippen LogP contribution < -0.4 is 0 Å². The highest BCUT2D eigenvalue weighted by Crippen LogP contribution is 2.32. The SMILES string of the molecule is CCCCOC(=O)C[C@@H](C)O[C@@H]1O[C@H](CO[C@@H]2OC[C@H](OC(C)=O)[C@H](OC(C)=O)[C@H]2OC(C)=O)[C@@H](OC(C)=O)[C@H](OC(C)=O)[C@H]1OC(C)=O. The first kappa shape index (κ1) is 41.3. The molecule has 0 N–H and O–H groups in total. The lowest BCUT2D eigenvalue weighted by Gasteiger charge is -2.45. The van der Waals surface area contributed by atoms with Gasteiger partial charge in [0.2, 0.25) is 0 Å². The number of ether oxygens (including phenoxy) is 11. The van der Waals surface area contributed by atoms with Crippen LogP contribution in [0.4, 0.5) is 0 Å². The van der Waals surface area contributed by atoms with E-state index in [0.717, 1.165) is 48.0 Å². The molecule has 10 atom stereocenters. The Balaban J connectivity index is 2.43. The van der Waals surface area contributed by atoms with Gasteiger partial charge in [-0.25, -0.2) is 0 Å². The second kappa shape index (κ2) is 20.0. The first-order chi connectivity index (χ1) is 23.0. The number of hydrogen-bond acceptors (Lipinski definition) is 18. The van der Waals surface area contributed by atoms with E-state index in [-0.39, 0.29) is 19.6 Å². The van der Waals surface area contributed by atoms with Crippen molar-refractivity contribution in [3.8, 4) is 0 Å². The third-order valence-corrected chi connectivity index (χ3v) is 6.81. The minimum absolute atomic E-state index is 0.216. The van der Waals surface area contributed by atoms with E-state index in [2.05, 4.69) is 0 Å². The highest BCUT2D eigenvalue weighted by molar-refractivity contribution is 5.70. The van der Waals surface area contributed by atoms with Crippen molar-refractivity contribution in [2.75, 3.05) is 19.8 Å². The summed E-state index contributed by atoms with van der Waals surface area (Å²) in [4.78, 5) is 84.7. The highest BCUT2D eigenvalue weighted by atomic mass is 16.8. The average molecular weight is 707 g/mol. The summed E-state index contributed by atoms with van der Waals surface area (Å²) < 4.78 is 61.1. The van der Waals surface area contributed by atoms with Gasteiger partial charge in [-0.2, -0.15) is 0 Å². The Hall–Kier alpha value is -3.87. The van der Waals surface area contributed by atoms with Crippen molar-refractivity contribution in [3.63, 3.8) is 0 Å². The molecule has 278 valence electrons. The predicted octanol–water partition coefficient (Wildman–Crippen LogP) is 0.813. The van der Waals surface area contributed by atoms with Gasteiger partial charge in [-0.1, -0.05) is 13.3 Å². The molecule has 49 heavy (non-hydrogen) atoms. The van der Waals surface area contributed by atoms with Gasteiger partial charge in [0.15, 0.2) is 49.2 Å². The van der Waals surface area contributed by atoms with Crippen LogP contribution in [-0.4, -0.2) is 123 Å². The monoisotopic (exact) mass is 706 g/mol. The number of carbonyl (C=O) groups excluding carboxylic acids is 7. The lowest BCUT2D eigenvalue weighted by Crippen LogP contribution is -2.64. The van der Waals surface area contributed by atoms with Crippen molar-refractivity contribution in [2.24, 2.45) is 0 Å². The molecule has 18 nitrogen and oxygen atoms in total. The molecule has 0 aliphatic carbocycles. The van der Waals surface area contributed by atoms with Gasteiger partial charge in [-0.05, 0) is 13.3 Å². The Kier molecular flexibility index (Phi) is 16.8. The van der Waals surface area contributed by atoms with Crippen LogP contribution >= 0.6 is 0 Å². The summed E-state index contributed by atoms with van der Waals surface area (Å²) in [5.41, 5.74) is 0. The smallest absolute Gasteiger partial charge is 0.308 e. The van der Waals surface area contributed by atoms with Crippen LogP contribution in [0.25, 0.3) is 0 Å². The van der Waals surface area contributed by atoms with Gasteiger partial charge in [-0.3, -0.25) is 33.6 Å². The Morgan fingerprint density at radius 3 is 1.67 bits per heavy atom. The molecule has 0 saturated carbocycles. The van der Waals surface area contributed by atoms with E-state index in [0.29, 0.717) is 6.42 Å². The second-order valence-corrected chi connectivity index (χ2v) is 11.3. The van der Waals surface area contributed by atoms with Gasteiger partial charge in [-0.15, -0.1) is 0 Å². The maximum atomic E-state index is 12.4. The van der Waals surface area contributed by atoms with Crippen LogP contribution in [-0.2, 0) is 85.7 Å². The van der Waals surface area contributed by atoms with Crippen LogP contribution in [0.1, 0.15) is 74.7 Å². The molecular formula is C31H46O18. The molecule has 0 unspecified atom stereocenters. The van der Waals surface area contributed by atoms with Gasteiger partial charge in [0.25, 0.3) is 0 Å². The van der Waals surface area contributed by atoms with Gasteiger partial charge < -0.3 is 52.1 Å². The van der Waals surface area contributed by atoms with Gasteiger partial charge in [0, 0.05) is 41.5 Å². The fourth-order valence-corrected chi connectivity index (χ4v) is 5.04. The molecule has 0 aromatic rings. The third kappa shape index (κ3) is 13.9. The van der Waals surface area contributed by atoms with Crippen LogP contribution in [0, 0.1) is 0 Å². The van der Waals surface area contributed by atoms with E-state index >= 15 is 0 Å². The molecule has 0 aromatic heterocycles. The van der Waals surface area contributed by atoms with Gasteiger partial charge in [0.05, 0.1) is 32.3 Å². The average Bonchev–Trinajstić information content (AvgIpc) is 2.96. The van der Waals surface area contributed by atoms with Crippen LogP contribution in [0.3, 0.4) is 0 Å². The molecule has 18 heteroatoms. The zero-order valence-electron chi connectivity index (χ0n) is 28.9. The Morgan fingerprint density at radius 1 is 0.653 bits per heavy atom. The Morgan fingerprint density at radius 2 is 1.14 bits per heavy atom. The fourth-order valence-electron chi connectivity index (χ4n) is 5.04. The molecular weight excluding hydrogens is 660 g/mol. The predicted molar refractivity (Wildman–Crippen MR) is 159 cm³/mol. The van der Waals surface area contributed by atoms with Crippen molar-refractivity contribution in [3.05, 3.63) is 0 Å². The van der Waals surface area contributed by atoms with Crippen molar-refractivity contribution >= 4 is 41.8 Å². The largest absolute Gasteiger partial charge is 0.466 e. The fraction of sp³-hybridized carbons (Fsp3) is 0.774. The Bertz CT molecular complexity index is 1170. The number of unbranched alkanes of at least 4 members (excludes halogenated alkanes) is 1. The van der Waals surface area contributed by atoms with E-state index < -0.39 is 110 Å². The Labute approximate surface area is 283 Å². The molecule has 2 aliphatic heterocycles. The molecule has 2 rings (SSSR count). The summed E-state index contributed by atoms with van der Waals surface area (Å²) in [6.45, 7) is 9.36. The van der Waals surface area contributed by atoms with E-state index in [1.165, 1.54) is 6.92 Å². The summed E-state index contributed by atoms with van der Waals surface area (Å²) >= 11 is 0. The molecule has 0 bridgehead atoms. The van der Waals surface area contributed by atoms with Crippen molar-refractivity contribution < 1.29 is 85.7 Å². The number of hydrogen-bond donors (Lipinski definition) is 0. The van der Waals surface area contributed by atoms with Gasteiger partial charge in [0.1, 0.15) is 6.10 Å². The first-order valence-corrected chi connectivity index (χ1v) is 15.7. The highest BCUT2D eigenvalue weighted by Gasteiger charge is 2.54. The van der Waals surface area contributed by atoms with Crippen molar-refractivity contribution in [1.82, 2.24) is 0 Å². The maximum Gasteiger partial charge on any atom is 0.308 e. The van der Waals surface area contributed by atoms with Crippen LogP contribution in [0.15, 0.2) is 0 Å². The molecule has 2 saturated heterocycles.